The number of nitrogen functional groups attached to an aromatic ring is 1. The molecule has 2 rings (SSSR count). The Kier molecular flexibility index (Phi) is 4.19. The third-order valence-electron chi connectivity index (χ3n) is 2.61. The van der Waals surface area contributed by atoms with E-state index in [1.807, 2.05) is 13.8 Å². The molecule has 0 saturated heterocycles. The van der Waals surface area contributed by atoms with Crippen LogP contribution in [0.4, 0.5) is 11.6 Å². The van der Waals surface area contributed by atoms with E-state index < -0.39 is 4.92 Å². The number of nitrogens with two attached hydrogens (primary N) is 1. The van der Waals surface area contributed by atoms with E-state index in [0.29, 0.717) is 10.8 Å². The van der Waals surface area contributed by atoms with Crippen molar-refractivity contribution < 1.29 is 4.92 Å². The van der Waals surface area contributed by atoms with Crippen molar-refractivity contribution in [2.45, 2.75) is 24.6 Å². The highest BCUT2D eigenvalue weighted by molar-refractivity contribution is 7.98. The van der Waals surface area contributed by atoms with Gasteiger partial charge in [0.25, 0.3) is 0 Å². The largest absolute Gasteiger partial charge is 0.368 e. The van der Waals surface area contributed by atoms with Crippen molar-refractivity contribution in [2.24, 2.45) is 0 Å². The second-order valence-electron chi connectivity index (χ2n) is 4.46. The number of rotatable bonds is 4. The normalized spacial score (nSPS) is 10.5. The van der Waals surface area contributed by atoms with Gasteiger partial charge in [0.15, 0.2) is 5.03 Å². The van der Waals surface area contributed by atoms with Crippen molar-refractivity contribution in [3.8, 4) is 0 Å². The first-order chi connectivity index (χ1) is 9.45. The number of aryl methyl sites for hydroxylation is 2. The first-order valence-corrected chi connectivity index (χ1v) is 6.91. The van der Waals surface area contributed by atoms with Gasteiger partial charge in [0.2, 0.25) is 5.95 Å². The van der Waals surface area contributed by atoms with Gasteiger partial charge < -0.3 is 5.73 Å². The maximum absolute atomic E-state index is 10.9. The van der Waals surface area contributed by atoms with E-state index in [-0.39, 0.29) is 11.6 Å². The molecule has 0 amide bonds. The Labute approximate surface area is 120 Å². The smallest absolute Gasteiger partial charge is 0.319 e. The summed E-state index contributed by atoms with van der Waals surface area (Å²) in [5.41, 5.74) is 8.79. The monoisotopic (exact) mass is 290 g/mol. The molecular weight excluding hydrogens is 276 g/mol. The standard InChI is InChI=1S/C13H14N4O2S/c1-8-3-9(2)5-10(4-8)7-20-12-11(17(18)19)6-15-13(14)16-12/h3-6H,7H2,1-2H3,(H2,14,15,16). The van der Waals surface area contributed by atoms with Crippen LogP contribution in [-0.2, 0) is 5.75 Å². The molecular formula is C13H14N4O2S. The second-order valence-corrected chi connectivity index (χ2v) is 5.42. The van der Waals surface area contributed by atoms with Gasteiger partial charge >= 0.3 is 5.69 Å². The molecule has 0 fully saturated rings. The Bertz CT molecular complexity index is 641. The molecule has 0 aliphatic heterocycles. The number of thioether (sulfide) groups is 1. The van der Waals surface area contributed by atoms with E-state index in [1.165, 1.54) is 11.8 Å². The molecule has 0 spiro atoms. The molecule has 1 heterocycles. The Morgan fingerprint density at radius 3 is 2.55 bits per heavy atom. The molecule has 1 aromatic heterocycles. The fourth-order valence-corrected chi connectivity index (χ4v) is 2.81. The van der Waals surface area contributed by atoms with Crippen LogP contribution in [0.1, 0.15) is 16.7 Å². The molecule has 7 heteroatoms. The van der Waals surface area contributed by atoms with Gasteiger partial charge in [0.05, 0.1) is 4.92 Å². The zero-order valence-corrected chi connectivity index (χ0v) is 12.0. The summed E-state index contributed by atoms with van der Waals surface area (Å²) in [6.07, 6.45) is 1.14. The van der Waals surface area contributed by atoms with Crippen LogP contribution in [0, 0.1) is 24.0 Å². The number of benzene rings is 1. The third kappa shape index (κ3) is 3.45. The second kappa shape index (κ2) is 5.87. The van der Waals surface area contributed by atoms with Gasteiger partial charge in [0, 0.05) is 5.75 Å². The van der Waals surface area contributed by atoms with Gasteiger partial charge in [-0.3, -0.25) is 10.1 Å². The Balaban J connectivity index is 2.22. The van der Waals surface area contributed by atoms with Gasteiger partial charge in [-0.05, 0) is 19.4 Å². The number of hydrogen-bond donors (Lipinski definition) is 1. The first kappa shape index (κ1) is 14.3. The summed E-state index contributed by atoms with van der Waals surface area (Å²) in [5.74, 6) is 0.637. The molecule has 0 unspecified atom stereocenters. The summed E-state index contributed by atoms with van der Waals surface area (Å²) >= 11 is 1.29. The van der Waals surface area contributed by atoms with Crippen molar-refractivity contribution in [3.05, 3.63) is 51.2 Å². The number of nitro groups is 1. The van der Waals surface area contributed by atoms with Gasteiger partial charge in [-0.25, -0.2) is 4.98 Å². The average Bonchev–Trinajstić information content (AvgIpc) is 2.35. The highest BCUT2D eigenvalue weighted by Crippen LogP contribution is 2.29. The Morgan fingerprint density at radius 2 is 1.95 bits per heavy atom. The molecule has 2 aromatic rings. The zero-order chi connectivity index (χ0) is 14.7. The molecule has 0 bridgehead atoms. The first-order valence-electron chi connectivity index (χ1n) is 5.92. The quantitative estimate of drug-likeness (QED) is 0.402. The van der Waals surface area contributed by atoms with Crippen LogP contribution >= 0.6 is 11.8 Å². The zero-order valence-electron chi connectivity index (χ0n) is 11.2. The van der Waals surface area contributed by atoms with Crippen molar-refractivity contribution >= 4 is 23.4 Å². The minimum Gasteiger partial charge on any atom is -0.368 e. The minimum atomic E-state index is -0.497. The molecule has 6 nitrogen and oxygen atoms in total. The third-order valence-corrected chi connectivity index (χ3v) is 3.66. The SMILES string of the molecule is Cc1cc(C)cc(CSc2nc(N)ncc2[N+](=O)[O-])c1. The topological polar surface area (TPSA) is 94.9 Å². The molecule has 0 atom stereocenters. The summed E-state index contributed by atoms with van der Waals surface area (Å²) in [4.78, 5) is 18.0. The molecule has 0 aliphatic carbocycles. The van der Waals surface area contributed by atoms with Crippen molar-refractivity contribution in [1.29, 1.82) is 0 Å². The van der Waals surface area contributed by atoms with Crippen LogP contribution in [0.15, 0.2) is 29.4 Å². The number of anilines is 1. The molecule has 1 aromatic carbocycles. The summed E-state index contributed by atoms with van der Waals surface area (Å²) in [6, 6.07) is 6.19. The van der Waals surface area contributed by atoms with Crippen LogP contribution in [0.5, 0.6) is 0 Å². The van der Waals surface area contributed by atoms with Gasteiger partial charge in [-0.2, -0.15) is 4.98 Å². The van der Waals surface area contributed by atoms with E-state index >= 15 is 0 Å². The molecule has 20 heavy (non-hydrogen) atoms. The van der Waals surface area contributed by atoms with Crippen LogP contribution in [-0.4, -0.2) is 14.9 Å². The Morgan fingerprint density at radius 1 is 1.30 bits per heavy atom. The summed E-state index contributed by atoms with van der Waals surface area (Å²) in [6.45, 7) is 4.04. The predicted molar refractivity (Wildman–Crippen MR) is 78.6 cm³/mol. The molecule has 104 valence electrons. The van der Waals surface area contributed by atoms with Crippen molar-refractivity contribution in [3.63, 3.8) is 0 Å². The van der Waals surface area contributed by atoms with Crippen molar-refractivity contribution in [2.75, 3.05) is 5.73 Å². The predicted octanol–water partition coefficient (Wildman–Crippen LogP) is 2.88. The summed E-state index contributed by atoms with van der Waals surface area (Å²) < 4.78 is 0. The lowest BCUT2D eigenvalue weighted by Crippen LogP contribution is -2.00. The van der Waals surface area contributed by atoms with Crippen LogP contribution < -0.4 is 5.73 Å². The van der Waals surface area contributed by atoms with Gasteiger partial charge in [-0.15, -0.1) is 0 Å². The average molecular weight is 290 g/mol. The lowest BCUT2D eigenvalue weighted by atomic mass is 10.1. The highest BCUT2D eigenvalue weighted by atomic mass is 32.2. The molecule has 0 saturated carbocycles. The van der Waals surface area contributed by atoms with E-state index in [0.717, 1.165) is 22.9 Å². The maximum Gasteiger partial charge on any atom is 0.319 e. The lowest BCUT2D eigenvalue weighted by Gasteiger charge is -2.05. The van der Waals surface area contributed by atoms with Gasteiger partial charge in [-0.1, -0.05) is 41.1 Å². The number of nitrogens with zero attached hydrogens (tertiary/aromatic N) is 3. The number of aromatic nitrogens is 2. The van der Waals surface area contributed by atoms with E-state index in [1.54, 1.807) is 0 Å². The molecule has 2 N–H and O–H groups in total. The lowest BCUT2D eigenvalue weighted by molar-refractivity contribution is -0.388. The summed E-state index contributed by atoms with van der Waals surface area (Å²) in [5, 5.41) is 11.2. The van der Waals surface area contributed by atoms with Crippen molar-refractivity contribution in [1.82, 2.24) is 9.97 Å². The summed E-state index contributed by atoms with van der Waals surface area (Å²) in [7, 11) is 0. The number of hydrogen-bond acceptors (Lipinski definition) is 6. The highest BCUT2D eigenvalue weighted by Gasteiger charge is 2.17. The van der Waals surface area contributed by atoms with Crippen LogP contribution in [0.2, 0.25) is 0 Å². The maximum atomic E-state index is 10.9. The Hall–Kier alpha value is -2.15. The van der Waals surface area contributed by atoms with Crippen LogP contribution in [0.25, 0.3) is 0 Å². The van der Waals surface area contributed by atoms with Gasteiger partial charge in [0.1, 0.15) is 6.20 Å². The van der Waals surface area contributed by atoms with E-state index in [9.17, 15) is 10.1 Å². The minimum absolute atomic E-state index is 0.0403. The fraction of sp³-hybridized carbons (Fsp3) is 0.231. The van der Waals surface area contributed by atoms with E-state index in [4.69, 9.17) is 5.73 Å². The molecule has 0 radical (unpaired) electrons. The van der Waals surface area contributed by atoms with Crippen LogP contribution in [0.3, 0.4) is 0 Å². The van der Waals surface area contributed by atoms with E-state index in [2.05, 4.69) is 28.2 Å². The fourth-order valence-electron chi connectivity index (χ4n) is 1.91. The molecule has 0 aliphatic rings.